The van der Waals surface area contributed by atoms with Gasteiger partial charge in [-0.05, 0) is 60.9 Å². The predicted octanol–water partition coefficient (Wildman–Crippen LogP) is 3.34. The van der Waals surface area contributed by atoms with E-state index in [9.17, 15) is 19.2 Å². The molecule has 2 aromatic rings. The molecule has 7 heteroatoms. The first-order valence-electron chi connectivity index (χ1n) is 9.66. The maximum absolute atomic E-state index is 12.8. The number of aromatic carboxylic acids is 1. The molecule has 0 unspecified atom stereocenters. The second-order valence-electron chi connectivity index (χ2n) is 7.55. The Morgan fingerprint density at radius 3 is 2.20 bits per heavy atom. The lowest BCUT2D eigenvalue weighted by atomic mass is 9.78. The van der Waals surface area contributed by atoms with Crippen LogP contribution in [0.1, 0.15) is 34.1 Å². The zero-order valence-corrected chi connectivity index (χ0v) is 16.2. The monoisotopic (exact) mass is 404 g/mol. The SMILES string of the molecule is C[C@@H]1C=CC[C@H]2C(=O)N(c3ccc(C(=O)Nc4ccc(C(=O)O)cc4)cc3)C(=O)[C@H]12. The number of carbonyl (C=O) groups excluding carboxylic acids is 3. The van der Waals surface area contributed by atoms with Crippen molar-refractivity contribution in [2.24, 2.45) is 17.8 Å². The average molecular weight is 404 g/mol. The largest absolute Gasteiger partial charge is 0.478 e. The zero-order chi connectivity index (χ0) is 21.4. The van der Waals surface area contributed by atoms with Crippen LogP contribution in [-0.2, 0) is 9.59 Å². The van der Waals surface area contributed by atoms with Crippen LogP contribution in [0, 0.1) is 17.8 Å². The van der Waals surface area contributed by atoms with E-state index in [1.807, 2.05) is 19.1 Å². The molecular formula is C23H20N2O5. The van der Waals surface area contributed by atoms with Gasteiger partial charge in [0, 0.05) is 11.3 Å². The van der Waals surface area contributed by atoms with Crippen molar-refractivity contribution in [3.63, 3.8) is 0 Å². The van der Waals surface area contributed by atoms with Gasteiger partial charge in [0.05, 0.1) is 23.1 Å². The van der Waals surface area contributed by atoms with E-state index in [0.29, 0.717) is 23.4 Å². The maximum Gasteiger partial charge on any atom is 0.335 e. The summed E-state index contributed by atoms with van der Waals surface area (Å²) in [6.45, 7) is 1.94. The summed E-state index contributed by atoms with van der Waals surface area (Å²) in [6, 6.07) is 12.1. The Morgan fingerprint density at radius 1 is 0.967 bits per heavy atom. The van der Waals surface area contributed by atoms with Crippen molar-refractivity contribution in [3.8, 4) is 0 Å². The summed E-state index contributed by atoms with van der Waals surface area (Å²) in [6.07, 6.45) is 4.50. The summed E-state index contributed by atoms with van der Waals surface area (Å²) in [5.41, 5.74) is 1.40. The Kier molecular flexibility index (Phi) is 4.95. The number of amides is 3. The summed E-state index contributed by atoms with van der Waals surface area (Å²) < 4.78 is 0. The fraction of sp³-hybridized carbons (Fsp3) is 0.217. The molecule has 3 amide bonds. The van der Waals surface area contributed by atoms with Crippen molar-refractivity contribution in [3.05, 3.63) is 71.8 Å². The number of carboxylic acids is 1. The van der Waals surface area contributed by atoms with Crippen molar-refractivity contribution < 1.29 is 24.3 Å². The van der Waals surface area contributed by atoms with Crippen LogP contribution in [0.2, 0.25) is 0 Å². The van der Waals surface area contributed by atoms with Crippen LogP contribution >= 0.6 is 0 Å². The molecule has 2 N–H and O–H groups in total. The summed E-state index contributed by atoms with van der Waals surface area (Å²) >= 11 is 0. The molecule has 3 atom stereocenters. The lowest BCUT2D eigenvalue weighted by Gasteiger charge is -2.22. The molecular weight excluding hydrogens is 384 g/mol. The minimum atomic E-state index is -1.04. The van der Waals surface area contributed by atoms with Crippen molar-refractivity contribution in [1.82, 2.24) is 0 Å². The quantitative estimate of drug-likeness (QED) is 0.601. The number of rotatable bonds is 4. The molecule has 2 aromatic carbocycles. The van der Waals surface area contributed by atoms with E-state index in [1.165, 1.54) is 29.2 Å². The van der Waals surface area contributed by atoms with Gasteiger partial charge in [0.15, 0.2) is 0 Å². The Hall–Kier alpha value is -3.74. The van der Waals surface area contributed by atoms with Gasteiger partial charge in [-0.15, -0.1) is 0 Å². The highest BCUT2D eigenvalue weighted by Gasteiger charge is 2.50. The lowest BCUT2D eigenvalue weighted by molar-refractivity contribution is -0.122. The number of nitrogens with one attached hydrogen (secondary N) is 1. The number of carboxylic acid groups (broad SMARTS) is 1. The average Bonchev–Trinajstić information content (AvgIpc) is 3.00. The number of benzene rings is 2. The van der Waals surface area contributed by atoms with Gasteiger partial charge in [0.2, 0.25) is 11.8 Å². The summed E-state index contributed by atoms with van der Waals surface area (Å²) in [5, 5.41) is 11.6. The van der Waals surface area contributed by atoms with Crippen molar-refractivity contribution in [2.75, 3.05) is 10.2 Å². The minimum absolute atomic E-state index is 0.0165. The number of carbonyl (C=O) groups is 4. The number of allylic oxidation sites excluding steroid dienone is 2. The highest BCUT2D eigenvalue weighted by Crippen LogP contribution is 2.40. The van der Waals surface area contributed by atoms with Gasteiger partial charge in [-0.1, -0.05) is 19.1 Å². The van der Waals surface area contributed by atoms with Crippen LogP contribution in [-0.4, -0.2) is 28.8 Å². The van der Waals surface area contributed by atoms with Gasteiger partial charge in [-0.2, -0.15) is 0 Å². The molecule has 4 rings (SSSR count). The highest BCUT2D eigenvalue weighted by molar-refractivity contribution is 6.22. The smallest absolute Gasteiger partial charge is 0.335 e. The molecule has 1 aliphatic heterocycles. The van der Waals surface area contributed by atoms with Crippen LogP contribution in [0.15, 0.2) is 60.7 Å². The first-order chi connectivity index (χ1) is 14.4. The standard InChI is InChI=1S/C23H20N2O5/c1-13-3-2-4-18-19(13)22(28)25(21(18)27)17-11-7-14(8-12-17)20(26)24-16-9-5-15(6-10-16)23(29)30/h2-3,5-13,18-19H,4H2,1H3,(H,24,26)(H,29,30)/t13-,18-,19-/m1/s1. The molecule has 7 nitrogen and oxygen atoms in total. The number of fused-ring (bicyclic) bond motifs is 1. The summed E-state index contributed by atoms with van der Waals surface area (Å²) in [5.74, 6) is -2.46. The van der Waals surface area contributed by atoms with Gasteiger partial charge in [0.25, 0.3) is 5.91 Å². The van der Waals surface area contributed by atoms with E-state index in [0.717, 1.165) is 0 Å². The fourth-order valence-electron chi connectivity index (χ4n) is 4.06. The minimum Gasteiger partial charge on any atom is -0.478 e. The molecule has 0 radical (unpaired) electrons. The van der Waals surface area contributed by atoms with E-state index >= 15 is 0 Å². The molecule has 152 valence electrons. The molecule has 1 saturated heterocycles. The molecule has 0 saturated carbocycles. The number of nitrogens with zero attached hydrogens (tertiary/aromatic N) is 1. The first kappa shape index (κ1) is 19.6. The van der Waals surface area contributed by atoms with Gasteiger partial charge in [-0.3, -0.25) is 19.3 Å². The van der Waals surface area contributed by atoms with Crippen LogP contribution in [0.4, 0.5) is 11.4 Å². The van der Waals surface area contributed by atoms with Crippen molar-refractivity contribution in [2.45, 2.75) is 13.3 Å². The van der Waals surface area contributed by atoms with E-state index in [4.69, 9.17) is 5.11 Å². The number of anilines is 2. The Morgan fingerprint density at radius 2 is 1.60 bits per heavy atom. The number of imide groups is 1. The van der Waals surface area contributed by atoms with Crippen LogP contribution < -0.4 is 10.2 Å². The van der Waals surface area contributed by atoms with Crippen LogP contribution in [0.5, 0.6) is 0 Å². The van der Waals surface area contributed by atoms with E-state index in [-0.39, 0.29) is 41.0 Å². The third-order valence-electron chi connectivity index (χ3n) is 5.65. The topological polar surface area (TPSA) is 104 Å². The Bertz CT molecular complexity index is 1060. The second kappa shape index (κ2) is 7.59. The van der Waals surface area contributed by atoms with Crippen molar-refractivity contribution >= 4 is 35.1 Å². The molecule has 0 spiro atoms. The molecule has 1 fully saturated rings. The molecule has 0 bridgehead atoms. The summed E-state index contributed by atoms with van der Waals surface area (Å²) in [4.78, 5) is 50.2. The van der Waals surface area contributed by atoms with E-state index in [2.05, 4.69) is 5.32 Å². The van der Waals surface area contributed by atoms with Gasteiger partial charge in [-0.25, -0.2) is 4.79 Å². The van der Waals surface area contributed by atoms with Gasteiger partial charge >= 0.3 is 5.97 Å². The summed E-state index contributed by atoms with van der Waals surface area (Å²) in [7, 11) is 0. The normalized spacial score (nSPS) is 22.7. The van der Waals surface area contributed by atoms with Gasteiger partial charge in [0.1, 0.15) is 0 Å². The molecule has 1 heterocycles. The van der Waals surface area contributed by atoms with E-state index in [1.54, 1.807) is 24.3 Å². The predicted molar refractivity (Wildman–Crippen MR) is 110 cm³/mol. The molecule has 1 aliphatic carbocycles. The first-order valence-corrected chi connectivity index (χ1v) is 9.66. The third kappa shape index (κ3) is 3.39. The van der Waals surface area contributed by atoms with Crippen LogP contribution in [0.25, 0.3) is 0 Å². The van der Waals surface area contributed by atoms with E-state index < -0.39 is 5.97 Å². The maximum atomic E-state index is 12.8. The number of hydrogen-bond donors (Lipinski definition) is 2. The Balaban J connectivity index is 1.49. The second-order valence-corrected chi connectivity index (χ2v) is 7.55. The number of hydrogen-bond acceptors (Lipinski definition) is 4. The molecule has 30 heavy (non-hydrogen) atoms. The Labute approximate surface area is 173 Å². The van der Waals surface area contributed by atoms with Crippen LogP contribution in [0.3, 0.4) is 0 Å². The fourth-order valence-corrected chi connectivity index (χ4v) is 4.06. The highest BCUT2D eigenvalue weighted by atomic mass is 16.4. The molecule has 0 aromatic heterocycles. The zero-order valence-electron chi connectivity index (χ0n) is 16.2. The van der Waals surface area contributed by atoms with Crippen molar-refractivity contribution in [1.29, 1.82) is 0 Å². The lowest BCUT2D eigenvalue weighted by Crippen LogP contribution is -2.31. The third-order valence-corrected chi connectivity index (χ3v) is 5.65. The molecule has 2 aliphatic rings. The van der Waals surface area contributed by atoms with Gasteiger partial charge < -0.3 is 10.4 Å².